The van der Waals surface area contributed by atoms with E-state index in [-0.39, 0.29) is 0 Å². The number of nitrogens with zero attached hydrogens (tertiary/aromatic N) is 1. The van der Waals surface area contributed by atoms with E-state index in [2.05, 4.69) is 24.1 Å². The number of ether oxygens (including phenoxy) is 1. The molecule has 0 aliphatic heterocycles. The molecule has 3 nitrogen and oxygen atoms in total. The van der Waals surface area contributed by atoms with Crippen LogP contribution >= 0.6 is 35.4 Å². The van der Waals surface area contributed by atoms with Crippen molar-refractivity contribution in [2.45, 2.75) is 19.8 Å². The van der Waals surface area contributed by atoms with Gasteiger partial charge in [0, 0.05) is 18.0 Å². The third-order valence-corrected chi connectivity index (χ3v) is 4.12. The van der Waals surface area contributed by atoms with Crippen molar-refractivity contribution in [3.05, 3.63) is 51.8 Å². The number of pyridine rings is 1. The third kappa shape index (κ3) is 3.69. The highest BCUT2D eigenvalue weighted by Gasteiger charge is 2.13. The molecule has 0 amide bonds. The summed E-state index contributed by atoms with van der Waals surface area (Å²) < 4.78 is 5.38. The van der Waals surface area contributed by atoms with Gasteiger partial charge in [0.25, 0.3) is 0 Å². The number of halogens is 2. The molecule has 22 heavy (non-hydrogen) atoms. The molecule has 2 rings (SSSR count). The van der Waals surface area contributed by atoms with Gasteiger partial charge in [-0.05, 0) is 29.7 Å². The smallest absolute Gasteiger partial charge is 0.122 e. The Hall–Kier alpha value is -1.36. The van der Waals surface area contributed by atoms with Crippen LogP contribution in [-0.2, 0) is 0 Å². The Balaban J connectivity index is 2.32. The Bertz CT molecular complexity index is 684. The Morgan fingerprint density at radius 2 is 1.86 bits per heavy atom. The van der Waals surface area contributed by atoms with Gasteiger partial charge in [-0.1, -0.05) is 49.3 Å². The Morgan fingerprint density at radius 1 is 1.23 bits per heavy atom. The number of nitrogens with one attached hydrogen (secondary N) is 1. The lowest BCUT2D eigenvalue weighted by molar-refractivity contribution is 0.407. The van der Waals surface area contributed by atoms with Gasteiger partial charge in [-0.3, -0.25) is 4.98 Å². The van der Waals surface area contributed by atoms with Crippen molar-refractivity contribution in [3.8, 4) is 5.75 Å². The van der Waals surface area contributed by atoms with Crippen molar-refractivity contribution in [2.24, 2.45) is 0 Å². The van der Waals surface area contributed by atoms with Gasteiger partial charge in [0.2, 0.25) is 0 Å². The Labute approximate surface area is 145 Å². The minimum Gasteiger partial charge on any atom is -0.496 e. The lowest BCUT2D eigenvalue weighted by atomic mass is 9.99. The van der Waals surface area contributed by atoms with Crippen LogP contribution in [0, 0.1) is 0 Å². The predicted octanol–water partition coefficient (Wildman–Crippen LogP) is 5.31. The Morgan fingerprint density at radius 3 is 2.41 bits per heavy atom. The first-order valence-corrected chi connectivity index (χ1v) is 7.88. The molecule has 1 heterocycles. The van der Waals surface area contributed by atoms with Crippen molar-refractivity contribution in [2.75, 3.05) is 12.4 Å². The fraction of sp³-hybridized carbons (Fsp3) is 0.250. The lowest BCUT2D eigenvalue weighted by Gasteiger charge is -2.15. The number of hydrogen-bond acceptors (Lipinski definition) is 3. The predicted molar refractivity (Wildman–Crippen MR) is 96.7 cm³/mol. The first-order valence-electron chi connectivity index (χ1n) is 6.72. The second-order valence-corrected chi connectivity index (χ2v) is 6.27. The highest BCUT2D eigenvalue weighted by atomic mass is 35.5. The zero-order valence-corrected chi connectivity index (χ0v) is 14.8. The number of methoxy groups -OCH3 is 1. The SMILES string of the molecule is COc1ccc(C(=S)Nc2c(Cl)cncc2Cl)cc1C(C)C. The third-order valence-electron chi connectivity index (χ3n) is 3.21. The first-order chi connectivity index (χ1) is 10.4. The van der Waals surface area contributed by atoms with Crippen LogP contribution in [0.4, 0.5) is 5.69 Å². The molecule has 0 fully saturated rings. The van der Waals surface area contributed by atoms with Crippen molar-refractivity contribution >= 4 is 46.1 Å². The number of thiocarbonyl (C=S) groups is 1. The minimum atomic E-state index is 0.325. The van der Waals surface area contributed by atoms with E-state index in [1.54, 1.807) is 7.11 Å². The van der Waals surface area contributed by atoms with Gasteiger partial charge in [-0.15, -0.1) is 0 Å². The molecule has 116 valence electrons. The minimum absolute atomic E-state index is 0.325. The van der Waals surface area contributed by atoms with Gasteiger partial charge in [0.1, 0.15) is 10.7 Å². The molecule has 0 aliphatic rings. The van der Waals surface area contributed by atoms with Crippen molar-refractivity contribution in [1.29, 1.82) is 0 Å². The summed E-state index contributed by atoms with van der Waals surface area (Å²) in [5.41, 5.74) is 2.53. The molecule has 0 bridgehead atoms. The molecule has 6 heteroatoms. The first kappa shape index (κ1) is 17.0. The van der Waals surface area contributed by atoms with Crippen LogP contribution in [-0.4, -0.2) is 17.1 Å². The van der Waals surface area contributed by atoms with E-state index in [1.807, 2.05) is 18.2 Å². The molecule has 1 aromatic heterocycles. The summed E-state index contributed by atoms with van der Waals surface area (Å²) in [5, 5.41) is 3.93. The van der Waals surface area contributed by atoms with E-state index < -0.39 is 0 Å². The topological polar surface area (TPSA) is 34.1 Å². The van der Waals surface area contributed by atoms with Gasteiger partial charge in [0.05, 0.1) is 22.8 Å². The molecule has 0 spiro atoms. The molecule has 0 aliphatic carbocycles. The average molecular weight is 355 g/mol. The normalized spacial score (nSPS) is 10.6. The molecule has 0 saturated heterocycles. The second kappa shape index (κ2) is 7.27. The second-order valence-electron chi connectivity index (χ2n) is 5.04. The molecule has 1 N–H and O–H groups in total. The fourth-order valence-electron chi connectivity index (χ4n) is 2.04. The standard InChI is InChI=1S/C16H16Cl2N2OS/c1-9(2)11-6-10(4-5-14(11)21-3)16(22)20-15-12(17)7-19-8-13(15)18/h4-9H,1-3H3,(H,19,20,22). The number of hydrogen-bond donors (Lipinski definition) is 1. The maximum absolute atomic E-state index is 6.10. The molecule has 0 atom stereocenters. The van der Waals surface area contributed by atoms with Gasteiger partial charge in [0.15, 0.2) is 0 Å². The van der Waals surface area contributed by atoms with E-state index in [0.29, 0.717) is 26.6 Å². The fourth-order valence-corrected chi connectivity index (χ4v) is 2.73. The molecular formula is C16H16Cl2N2OS. The highest BCUT2D eigenvalue weighted by Crippen LogP contribution is 2.31. The van der Waals surface area contributed by atoms with Gasteiger partial charge < -0.3 is 10.1 Å². The van der Waals surface area contributed by atoms with E-state index in [9.17, 15) is 0 Å². The number of benzene rings is 1. The van der Waals surface area contributed by atoms with Crippen LogP contribution in [0.5, 0.6) is 5.75 Å². The summed E-state index contributed by atoms with van der Waals surface area (Å²) in [4.78, 5) is 4.46. The number of rotatable bonds is 4. The monoisotopic (exact) mass is 354 g/mol. The van der Waals surface area contributed by atoms with Gasteiger partial charge >= 0.3 is 0 Å². The molecule has 0 radical (unpaired) electrons. The quantitative estimate of drug-likeness (QED) is 0.754. The number of anilines is 1. The molecule has 0 saturated carbocycles. The zero-order valence-electron chi connectivity index (χ0n) is 12.5. The molecular weight excluding hydrogens is 339 g/mol. The van der Waals surface area contributed by atoms with Crippen LogP contribution in [0.25, 0.3) is 0 Å². The van der Waals surface area contributed by atoms with Crippen molar-refractivity contribution < 1.29 is 4.74 Å². The maximum atomic E-state index is 6.10. The molecule has 0 unspecified atom stereocenters. The summed E-state index contributed by atoms with van der Waals surface area (Å²) >= 11 is 17.7. The summed E-state index contributed by atoms with van der Waals surface area (Å²) in [6.45, 7) is 4.21. The average Bonchev–Trinajstić information content (AvgIpc) is 2.50. The van der Waals surface area contributed by atoms with Crippen molar-refractivity contribution in [3.63, 3.8) is 0 Å². The van der Waals surface area contributed by atoms with Gasteiger partial charge in [-0.2, -0.15) is 0 Å². The summed E-state index contributed by atoms with van der Waals surface area (Å²) in [7, 11) is 1.66. The molecule has 1 aromatic carbocycles. The van der Waals surface area contributed by atoms with Crippen molar-refractivity contribution in [1.82, 2.24) is 4.98 Å². The van der Waals surface area contributed by atoms with Crippen LogP contribution in [0.1, 0.15) is 30.9 Å². The lowest BCUT2D eigenvalue weighted by Crippen LogP contribution is -2.12. The maximum Gasteiger partial charge on any atom is 0.122 e. The van der Waals surface area contributed by atoms with Gasteiger partial charge in [-0.25, -0.2) is 0 Å². The van der Waals surface area contributed by atoms with Crippen LogP contribution in [0.2, 0.25) is 10.0 Å². The van der Waals surface area contributed by atoms with Crippen LogP contribution < -0.4 is 10.1 Å². The van der Waals surface area contributed by atoms with E-state index >= 15 is 0 Å². The highest BCUT2D eigenvalue weighted by molar-refractivity contribution is 7.81. The van der Waals surface area contributed by atoms with E-state index in [4.69, 9.17) is 40.2 Å². The van der Waals surface area contributed by atoms with E-state index in [0.717, 1.165) is 16.9 Å². The molecule has 2 aromatic rings. The summed E-state index contributed by atoms with van der Waals surface area (Å²) in [6, 6.07) is 5.83. The zero-order chi connectivity index (χ0) is 16.3. The van der Waals surface area contributed by atoms with Crippen LogP contribution in [0.15, 0.2) is 30.6 Å². The summed E-state index contributed by atoms with van der Waals surface area (Å²) in [6.07, 6.45) is 3.04. The largest absolute Gasteiger partial charge is 0.496 e. The number of aromatic nitrogens is 1. The summed E-state index contributed by atoms with van der Waals surface area (Å²) in [5.74, 6) is 1.17. The van der Waals surface area contributed by atoms with E-state index in [1.165, 1.54) is 12.4 Å². The van der Waals surface area contributed by atoms with Crippen LogP contribution in [0.3, 0.4) is 0 Å². The Kier molecular flexibility index (Phi) is 5.62.